The van der Waals surface area contributed by atoms with Gasteiger partial charge in [0.15, 0.2) is 0 Å². The van der Waals surface area contributed by atoms with Gasteiger partial charge in [-0.2, -0.15) is 5.54 Å². The maximum Gasteiger partial charge on any atom is 0.435 e. The molecule has 0 aliphatic rings. The topological polar surface area (TPSA) is 38.3 Å². The van der Waals surface area contributed by atoms with E-state index in [1.165, 1.54) is 0 Å². The second-order valence-corrected chi connectivity index (χ2v) is 0.815. The van der Waals surface area contributed by atoms with Gasteiger partial charge in [0.2, 0.25) is 0 Å². The van der Waals surface area contributed by atoms with Crippen LogP contribution in [0.2, 0.25) is 0 Å². The third kappa shape index (κ3) is 5.42. The van der Waals surface area contributed by atoms with Crippen molar-refractivity contribution in [2.45, 2.75) is 6.92 Å². The number of nitrogens with one attached hydrogen (secondary N) is 1. The Morgan fingerprint density at radius 3 is 2.50 bits per heavy atom. The van der Waals surface area contributed by atoms with Gasteiger partial charge < -0.3 is 4.74 Å². The van der Waals surface area contributed by atoms with Crippen LogP contribution in [0.1, 0.15) is 6.92 Å². The molecule has 0 atom stereocenters. The molecule has 0 aromatic rings. The first-order chi connectivity index (χ1) is 3.31. The van der Waals surface area contributed by atoms with E-state index in [-0.39, 0.29) is 17.6 Å². The van der Waals surface area contributed by atoms with E-state index in [9.17, 15) is 9.28 Å². The highest BCUT2D eigenvalue weighted by molar-refractivity contribution is 5.75. The van der Waals surface area contributed by atoms with Gasteiger partial charge >= 0.3 is 6.09 Å². The lowest BCUT2D eigenvalue weighted by atomic mass is 10.9. The van der Waals surface area contributed by atoms with Crippen LogP contribution in [-0.2, 0) is 4.74 Å². The van der Waals surface area contributed by atoms with Gasteiger partial charge in [0.05, 0.1) is 6.61 Å². The van der Waals surface area contributed by atoms with Crippen molar-refractivity contribution in [3.8, 4) is 0 Å². The molecule has 0 bridgehead atoms. The summed E-state index contributed by atoms with van der Waals surface area (Å²) in [5.74, 6) is 0. The standard InChI is InChI=1S/C3H6FNO2.H4Si/c1-2-7-3(6)5-4;/h2H2,1H3,(H,5,6);1H4. The quantitative estimate of drug-likeness (QED) is 0.380. The lowest BCUT2D eigenvalue weighted by Gasteiger charge is -1.92. The van der Waals surface area contributed by atoms with Gasteiger partial charge in [-0.3, -0.25) is 0 Å². The van der Waals surface area contributed by atoms with Crippen molar-refractivity contribution >= 4 is 17.1 Å². The number of hydrogen-bond donors (Lipinski definition) is 1. The molecule has 5 heteroatoms. The molecule has 0 heterocycles. The largest absolute Gasteiger partial charge is 0.448 e. The number of carbonyl (C=O) groups is 1. The molecule has 0 radical (unpaired) electrons. The van der Waals surface area contributed by atoms with Crippen LogP contribution in [0.25, 0.3) is 0 Å². The monoisotopic (exact) mass is 139 g/mol. The first kappa shape index (κ1) is 10.4. The van der Waals surface area contributed by atoms with Crippen LogP contribution in [0, 0.1) is 0 Å². The third-order valence-electron chi connectivity index (χ3n) is 0.353. The number of amides is 1. The zero-order valence-corrected chi connectivity index (χ0v) is 3.90. The van der Waals surface area contributed by atoms with Crippen LogP contribution in [0.4, 0.5) is 9.28 Å². The first-order valence-corrected chi connectivity index (χ1v) is 1.84. The number of ether oxygens (including phenoxy) is 1. The molecule has 0 aliphatic carbocycles. The molecular weight excluding hydrogens is 129 g/mol. The van der Waals surface area contributed by atoms with Crippen molar-refractivity contribution < 1.29 is 14.0 Å². The lowest BCUT2D eigenvalue weighted by Crippen LogP contribution is -2.14. The molecular formula is C3H10FNO2Si. The van der Waals surface area contributed by atoms with Crippen molar-refractivity contribution in [3.63, 3.8) is 0 Å². The molecule has 50 valence electrons. The van der Waals surface area contributed by atoms with Gasteiger partial charge in [0.25, 0.3) is 0 Å². The molecule has 0 saturated carbocycles. The maximum absolute atomic E-state index is 10.8. The Labute approximate surface area is 51.2 Å². The maximum atomic E-state index is 10.8. The highest BCUT2D eigenvalue weighted by atomic mass is 28.1. The number of halogens is 1. The molecule has 0 unspecified atom stereocenters. The molecule has 3 nitrogen and oxygen atoms in total. The van der Waals surface area contributed by atoms with E-state index in [1.807, 2.05) is 0 Å². The summed E-state index contributed by atoms with van der Waals surface area (Å²) in [4.78, 5) is 9.70. The van der Waals surface area contributed by atoms with Gasteiger partial charge in [-0.05, 0) is 17.9 Å². The molecule has 0 spiro atoms. The highest BCUT2D eigenvalue weighted by Crippen LogP contribution is 1.72. The van der Waals surface area contributed by atoms with Crippen LogP contribution in [0.5, 0.6) is 0 Å². The van der Waals surface area contributed by atoms with Crippen LogP contribution < -0.4 is 5.54 Å². The van der Waals surface area contributed by atoms with Gasteiger partial charge in [-0.25, -0.2) is 4.79 Å². The smallest absolute Gasteiger partial charge is 0.435 e. The van der Waals surface area contributed by atoms with E-state index in [0.29, 0.717) is 0 Å². The van der Waals surface area contributed by atoms with Crippen molar-refractivity contribution in [2.75, 3.05) is 6.61 Å². The summed E-state index contributed by atoms with van der Waals surface area (Å²) >= 11 is 0. The molecule has 1 N–H and O–H groups in total. The number of carbonyl (C=O) groups excluding carboxylic acids is 1. The van der Waals surface area contributed by atoms with Crippen molar-refractivity contribution in [1.82, 2.24) is 5.54 Å². The third-order valence-corrected chi connectivity index (χ3v) is 0.353. The Bertz CT molecular complexity index is 70.3. The van der Waals surface area contributed by atoms with Crippen molar-refractivity contribution in [3.05, 3.63) is 0 Å². The van der Waals surface area contributed by atoms with Gasteiger partial charge in [0.1, 0.15) is 0 Å². The summed E-state index contributed by atoms with van der Waals surface area (Å²) in [5, 5.41) is 0. The summed E-state index contributed by atoms with van der Waals surface area (Å²) in [6, 6.07) is 0. The van der Waals surface area contributed by atoms with E-state index in [2.05, 4.69) is 4.74 Å². The highest BCUT2D eigenvalue weighted by Gasteiger charge is 1.92. The molecule has 1 amide bonds. The molecule has 8 heavy (non-hydrogen) atoms. The van der Waals surface area contributed by atoms with Gasteiger partial charge in [-0.15, -0.1) is 0 Å². The number of hydrogen-bond acceptors (Lipinski definition) is 2. The summed E-state index contributed by atoms with van der Waals surface area (Å²) in [6.07, 6.45) is -1.04. The van der Waals surface area contributed by atoms with Crippen LogP contribution >= 0.6 is 0 Å². The Hall–Kier alpha value is -0.583. The summed E-state index contributed by atoms with van der Waals surface area (Å²) < 4.78 is 14.9. The minimum absolute atomic E-state index is 0. The predicted molar refractivity (Wildman–Crippen MR) is 32.6 cm³/mol. The average Bonchev–Trinajstić information content (AvgIpc) is 1.68. The summed E-state index contributed by atoms with van der Waals surface area (Å²) in [5.41, 5.74) is 0.805. The minimum atomic E-state index is -1.04. The summed E-state index contributed by atoms with van der Waals surface area (Å²) in [7, 11) is 0. The fraction of sp³-hybridized carbons (Fsp3) is 0.667. The van der Waals surface area contributed by atoms with E-state index in [4.69, 9.17) is 0 Å². The fourth-order valence-corrected chi connectivity index (χ4v) is 0.158. The zero-order valence-electron chi connectivity index (χ0n) is 3.90. The van der Waals surface area contributed by atoms with Crippen LogP contribution in [-0.4, -0.2) is 23.7 Å². The van der Waals surface area contributed by atoms with Gasteiger partial charge in [0, 0.05) is 0 Å². The molecule has 0 rings (SSSR count). The number of rotatable bonds is 1. The SMILES string of the molecule is CCOC(=O)NF.[SiH4]. The molecule has 0 aromatic heterocycles. The van der Waals surface area contributed by atoms with Crippen molar-refractivity contribution in [2.24, 2.45) is 0 Å². The normalized spacial score (nSPS) is 6.75. The van der Waals surface area contributed by atoms with Crippen molar-refractivity contribution in [1.29, 1.82) is 0 Å². The van der Waals surface area contributed by atoms with Crippen LogP contribution in [0.3, 0.4) is 0 Å². The lowest BCUT2D eigenvalue weighted by molar-refractivity contribution is 0.129. The fourth-order valence-electron chi connectivity index (χ4n) is 0.158. The Morgan fingerprint density at radius 1 is 1.88 bits per heavy atom. The zero-order chi connectivity index (χ0) is 5.70. The molecule has 0 fully saturated rings. The van der Waals surface area contributed by atoms with E-state index in [0.717, 1.165) is 5.54 Å². The molecule has 0 saturated heterocycles. The van der Waals surface area contributed by atoms with E-state index >= 15 is 0 Å². The Kier molecular flexibility index (Phi) is 8.35. The summed E-state index contributed by atoms with van der Waals surface area (Å²) in [6.45, 7) is 1.78. The average molecular weight is 139 g/mol. The van der Waals surface area contributed by atoms with Gasteiger partial charge in [-0.1, -0.05) is 4.48 Å². The van der Waals surface area contributed by atoms with Crippen LogP contribution in [0.15, 0.2) is 0 Å². The molecule has 0 aromatic carbocycles. The van der Waals surface area contributed by atoms with E-state index < -0.39 is 6.09 Å². The predicted octanol–water partition coefficient (Wildman–Crippen LogP) is -0.835. The second-order valence-electron chi connectivity index (χ2n) is 0.815. The Balaban J connectivity index is 0. The Morgan fingerprint density at radius 2 is 2.38 bits per heavy atom. The second kappa shape index (κ2) is 6.42. The minimum Gasteiger partial charge on any atom is -0.448 e. The molecule has 0 aliphatic heterocycles. The first-order valence-electron chi connectivity index (χ1n) is 1.84. The van der Waals surface area contributed by atoms with E-state index in [1.54, 1.807) is 6.92 Å².